The van der Waals surface area contributed by atoms with Crippen molar-refractivity contribution in [2.75, 3.05) is 19.6 Å². The summed E-state index contributed by atoms with van der Waals surface area (Å²) in [5, 5.41) is 5.91. The Morgan fingerprint density at radius 1 is 0.964 bits per heavy atom. The largest absolute Gasteiger partial charge is 0.295 e. The molecular formula is C22H26N2O2S2. The Balaban J connectivity index is 1.59. The van der Waals surface area contributed by atoms with Crippen LogP contribution in [0.4, 0.5) is 0 Å². The SMILES string of the molecule is O=S(=O)(NC[C@@H](c1ccsc1)N1CCCCCC1)c1cccc2ccccc12. The summed E-state index contributed by atoms with van der Waals surface area (Å²) in [6.45, 7) is 2.44. The number of sulfonamides is 1. The molecule has 1 N–H and O–H groups in total. The van der Waals surface area contributed by atoms with Gasteiger partial charge in [-0.25, -0.2) is 13.1 Å². The first-order chi connectivity index (χ1) is 13.6. The van der Waals surface area contributed by atoms with Gasteiger partial charge in [-0.05, 0) is 59.8 Å². The van der Waals surface area contributed by atoms with Gasteiger partial charge in [0.2, 0.25) is 10.0 Å². The fourth-order valence-corrected chi connectivity index (χ4v) is 6.00. The van der Waals surface area contributed by atoms with Crippen molar-refractivity contribution in [3.05, 3.63) is 64.9 Å². The summed E-state index contributed by atoms with van der Waals surface area (Å²) in [4.78, 5) is 2.80. The van der Waals surface area contributed by atoms with Crippen LogP contribution in [0.15, 0.2) is 64.2 Å². The van der Waals surface area contributed by atoms with Crippen molar-refractivity contribution in [2.45, 2.75) is 36.6 Å². The lowest BCUT2D eigenvalue weighted by Crippen LogP contribution is -2.38. The highest BCUT2D eigenvalue weighted by Gasteiger charge is 2.25. The molecule has 1 saturated heterocycles. The van der Waals surface area contributed by atoms with Gasteiger partial charge in [-0.15, -0.1) is 0 Å². The quantitative estimate of drug-likeness (QED) is 0.630. The van der Waals surface area contributed by atoms with Crippen molar-refractivity contribution < 1.29 is 8.42 Å². The number of fused-ring (bicyclic) bond motifs is 1. The molecule has 0 saturated carbocycles. The smallest absolute Gasteiger partial charge is 0.241 e. The molecule has 1 fully saturated rings. The van der Waals surface area contributed by atoms with Gasteiger partial charge in [0, 0.05) is 18.0 Å². The molecular weight excluding hydrogens is 388 g/mol. The predicted octanol–water partition coefficient (Wildman–Crippen LogP) is 4.80. The first-order valence-electron chi connectivity index (χ1n) is 9.89. The number of hydrogen-bond acceptors (Lipinski definition) is 4. The van der Waals surface area contributed by atoms with E-state index in [1.807, 2.05) is 36.4 Å². The maximum Gasteiger partial charge on any atom is 0.241 e. The third kappa shape index (κ3) is 4.30. The highest BCUT2D eigenvalue weighted by Crippen LogP contribution is 2.27. The maximum atomic E-state index is 13.1. The molecule has 3 aromatic rings. The van der Waals surface area contributed by atoms with E-state index in [1.54, 1.807) is 17.4 Å². The van der Waals surface area contributed by atoms with Gasteiger partial charge < -0.3 is 0 Å². The minimum Gasteiger partial charge on any atom is -0.295 e. The Morgan fingerprint density at radius 3 is 2.46 bits per heavy atom. The monoisotopic (exact) mass is 414 g/mol. The number of likely N-dealkylation sites (tertiary alicyclic amines) is 1. The molecule has 0 unspecified atom stereocenters. The molecule has 4 nitrogen and oxygen atoms in total. The normalized spacial score (nSPS) is 17.4. The van der Waals surface area contributed by atoms with Crippen molar-refractivity contribution in [3.8, 4) is 0 Å². The molecule has 1 aliphatic heterocycles. The molecule has 4 rings (SSSR count). The number of hydrogen-bond donors (Lipinski definition) is 1. The second-order valence-electron chi connectivity index (χ2n) is 7.35. The zero-order chi connectivity index (χ0) is 19.4. The van der Waals surface area contributed by atoms with Crippen molar-refractivity contribution in [3.63, 3.8) is 0 Å². The highest BCUT2D eigenvalue weighted by atomic mass is 32.2. The minimum atomic E-state index is -3.59. The average molecular weight is 415 g/mol. The van der Waals surface area contributed by atoms with Crippen LogP contribution in [-0.2, 0) is 10.0 Å². The molecule has 148 valence electrons. The van der Waals surface area contributed by atoms with Crippen LogP contribution in [0.2, 0.25) is 0 Å². The number of thiophene rings is 1. The summed E-state index contributed by atoms with van der Waals surface area (Å²) in [5.41, 5.74) is 1.20. The predicted molar refractivity (Wildman–Crippen MR) is 116 cm³/mol. The van der Waals surface area contributed by atoms with Crippen LogP contribution in [0.1, 0.15) is 37.3 Å². The van der Waals surface area contributed by atoms with Gasteiger partial charge >= 0.3 is 0 Å². The molecule has 0 bridgehead atoms. The lowest BCUT2D eigenvalue weighted by atomic mass is 10.1. The topological polar surface area (TPSA) is 49.4 Å². The third-order valence-corrected chi connectivity index (χ3v) is 7.70. The standard InChI is InChI=1S/C22H26N2O2S2/c25-28(26,22-11-7-9-18-8-3-4-10-20(18)22)23-16-21(19-12-15-27-17-19)24-13-5-1-2-6-14-24/h3-4,7-12,15,17,21,23H,1-2,5-6,13-14,16H2/t21-/m0/s1. The third-order valence-electron chi connectivity index (χ3n) is 5.52. The number of nitrogens with one attached hydrogen (secondary N) is 1. The summed E-state index contributed by atoms with van der Waals surface area (Å²) < 4.78 is 29.2. The fraction of sp³-hybridized carbons (Fsp3) is 0.364. The van der Waals surface area contributed by atoms with Crippen LogP contribution < -0.4 is 4.72 Å². The first kappa shape index (κ1) is 19.6. The average Bonchev–Trinajstić information content (AvgIpc) is 3.10. The highest BCUT2D eigenvalue weighted by molar-refractivity contribution is 7.89. The Labute approximate surface area is 171 Å². The van der Waals surface area contributed by atoms with E-state index in [1.165, 1.54) is 31.2 Å². The fourth-order valence-electron chi connectivity index (χ4n) is 4.03. The zero-order valence-electron chi connectivity index (χ0n) is 15.9. The maximum absolute atomic E-state index is 13.1. The molecule has 2 aromatic carbocycles. The number of rotatable bonds is 6. The second-order valence-corrected chi connectivity index (χ2v) is 9.87. The van der Waals surface area contributed by atoms with Crippen LogP contribution in [0, 0.1) is 0 Å². The lowest BCUT2D eigenvalue weighted by Gasteiger charge is -2.30. The molecule has 0 amide bonds. The van der Waals surface area contributed by atoms with Gasteiger partial charge in [0.25, 0.3) is 0 Å². The van der Waals surface area contributed by atoms with Gasteiger partial charge in [-0.3, -0.25) is 4.90 Å². The van der Waals surface area contributed by atoms with Crippen molar-refractivity contribution in [1.29, 1.82) is 0 Å². The zero-order valence-corrected chi connectivity index (χ0v) is 17.5. The van der Waals surface area contributed by atoms with Gasteiger partial charge in [0.1, 0.15) is 0 Å². The summed E-state index contributed by atoms with van der Waals surface area (Å²) in [6, 6.07) is 15.3. The van der Waals surface area contributed by atoms with Crippen LogP contribution in [0.5, 0.6) is 0 Å². The van der Waals surface area contributed by atoms with E-state index in [-0.39, 0.29) is 6.04 Å². The molecule has 6 heteroatoms. The van der Waals surface area contributed by atoms with Gasteiger partial charge in [0.05, 0.1) is 4.90 Å². The van der Waals surface area contributed by atoms with Crippen LogP contribution >= 0.6 is 11.3 Å². The Kier molecular flexibility index (Phi) is 6.11. The molecule has 0 spiro atoms. The second kappa shape index (κ2) is 8.74. The molecule has 2 heterocycles. The van der Waals surface area contributed by atoms with E-state index < -0.39 is 10.0 Å². The van der Waals surface area contributed by atoms with Crippen molar-refractivity contribution in [2.24, 2.45) is 0 Å². The van der Waals surface area contributed by atoms with E-state index in [0.717, 1.165) is 23.9 Å². The van der Waals surface area contributed by atoms with Crippen LogP contribution in [0.3, 0.4) is 0 Å². The number of nitrogens with zero attached hydrogens (tertiary/aromatic N) is 1. The first-order valence-corrected chi connectivity index (χ1v) is 12.3. The Hall–Kier alpha value is -1.73. The summed E-state index contributed by atoms with van der Waals surface area (Å²) in [7, 11) is -3.59. The van der Waals surface area contributed by atoms with Crippen LogP contribution in [0.25, 0.3) is 10.8 Å². The Morgan fingerprint density at radius 2 is 1.71 bits per heavy atom. The van der Waals surface area contributed by atoms with Crippen LogP contribution in [-0.4, -0.2) is 33.0 Å². The summed E-state index contributed by atoms with van der Waals surface area (Å²) in [5.74, 6) is 0. The van der Waals surface area contributed by atoms with Gasteiger partial charge in [-0.1, -0.05) is 49.2 Å². The van der Waals surface area contributed by atoms with E-state index in [9.17, 15) is 8.42 Å². The van der Waals surface area contributed by atoms with Crippen molar-refractivity contribution >= 4 is 32.1 Å². The van der Waals surface area contributed by atoms with Gasteiger partial charge in [0.15, 0.2) is 0 Å². The molecule has 1 aliphatic rings. The molecule has 28 heavy (non-hydrogen) atoms. The lowest BCUT2D eigenvalue weighted by molar-refractivity contribution is 0.206. The van der Waals surface area contributed by atoms with Gasteiger partial charge in [-0.2, -0.15) is 11.3 Å². The number of benzene rings is 2. The van der Waals surface area contributed by atoms with E-state index in [2.05, 4.69) is 26.4 Å². The molecule has 0 radical (unpaired) electrons. The summed E-state index contributed by atoms with van der Waals surface area (Å²) in [6.07, 6.45) is 4.87. The van der Waals surface area contributed by atoms with E-state index in [4.69, 9.17) is 0 Å². The van der Waals surface area contributed by atoms with Crippen molar-refractivity contribution in [1.82, 2.24) is 9.62 Å². The Bertz CT molecular complexity index is 1000. The van der Waals surface area contributed by atoms with E-state index in [0.29, 0.717) is 11.4 Å². The van der Waals surface area contributed by atoms with E-state index >= 15 is 0 Å². The summed E-state index contributed by atoms with van der Waals surface area (Å²) >= 11 is 1.66. The molecule has 0 aliphatic carbocycles. The minimum absolute atomic E-state index is 0.0779. The molecule has 1 atom stereocenters. The molecule has 1 aromatic heterocycles.